The van der Waals surface area contributed by atoms with Crippen LogP contribution in [0.2, 0.25) is 5.02 Å². The summed E-state index contributed by atoms with van der Waals surface area (Å²) in [6.07, 6.45) is 1.52. The molecule has 0 aliphatic carbocycles. The van der Waals surface area contributed by atoms with Crippen molar-refractivity contribution >= 4 is 56.9 Å². The zero-order chi connectivity index (χ0) is 25.1. The largest absolute Gasteiger partial charge is 0.493 e. The Kier molecular flexibility index (Phi) is 7.04. The number of hydrogen-bond donors (Lipinski definition) is 1. The standard InChI is InChI=1S/C24H17BrClN3O6/c1-34-21-11-15(10-20-23(30)28(24(31)27-20)17-7-5-16(26)6-8-17)19(25)12-22(21)35-13-14-3-2-4-18(9-14)29(32)33/h2-12H,13H2,1H3,(H,27,31)/b20-10+. The molecule has 3 aromatic rings. The van der Waals surface area contributed by atoms with Crippen LogP contribution in [0.15, 0.2) is 70.8 Å². The van der Waals surface area contributed by atoms with Gasteiger partial charge in [-0.2, -0.15) is 0 Å². The lowest BCUT2D eigenvalue weighted by molar-refractivity contribution is -0.384. The molecule has 9 nitrogen and oxygen atoms in total. The normalized spacial score (nSPS) is 14.3. The molecule has 0 saturated carbocycles. The topological polar surface area (TPSA) is 111 Å². The van der Waals surface area contributed by atoms with Gasteiger partial charge in [0.2, 0.25) is 0 Å². The third-order valence-electron chi connectivity index (χ3n) is 5.06. The Morgan fingerprint density at radius 1 is 1.11 bits per heavy atom. The summed E-state index contributed by atoms with van der Waals surface area (Å²) >= 11 is 9.35. The van der Waals surface area contributed by atoms with Crippen molar-refractivity contribution in [3.8, 4) is 11.5 Å². The van der Waals surface area contributed by atoms with Crippen LogP contribution in [0.5, 0.6) is 11.5 Å². The van der Waals surface area contributed by atoms with Crippen LogP contribution < -0.4 is 19.7 Å². The van der Waals surface area contributed by atoms with E-state index in [0.29, 0.717) is 37.8 Å². The molecule has 1 fully saturated rings. The number of anilines is 1. The number of nitrogens with one attached hydrogen (secondary N) is 1. The molecule has 0 atom stereocenters. The molecule has 3 aromatic carbocycles. The minimum Gasteiger partial charge on any atom is -0.493 e. The van der Waals surface area contributed by atoms with Crippen LogP contribution in [-0.2, 0) is 11.4 Å². The van der Waals surface area contributed by atoms with Crippen LogP contribution in [0, 0.1) is 10.1 Å². The highest BCUT2D eigenvalue weighted by molar-refractivity contribution is 9.10. The molecule has 178 valence electrons. The average molecular weight is 559 g/mol. The second-order valence-corrected chi connectivity index (χ2v) is 8.64. The first-order valence-corrected chi connectivity index (χ1v) is 11.3. The molecule has 1 aliphatic rings. The average Bonchev–Trinajstić information content (AvgIpc) is 3.12. The third kappa shape index (κ3) is 5.28. The van der Waals surface area contributed by atoms with Gasteiger partial charge in [-0.05, 0) is 53.6 Å². The summed E-state index contributed by atoms with van der Waals surface area (Å²) in [7, 11) is 1.46. The summed E-state index contributed by atoms with van der Waals surface area (Å²) in [6, 6.07) is 15.2. The van der Waals surface area contributed by atoms with E-state index in [0.717, 1.165) is 4.90 Å². The highest BCUT2D eigenvalue weighted by atomic mass is 79.9. The number of nitro groups is 1. The molecule has 0 aromatic heterocycles. The maximum absolute atomic E-state index is 12.9. The van der Waals surface area contributed by atoms with E-state index in [1.54, 1.807) is 48.5 Å². The Labute approximate surface area is 213 Å². The number of imide groups is 1. The first kappa shape index (κ1) is 24.2. The Hall–Kier alpha value is -3.89. The number of non-ortho nitro benzene ring substituents is 1. The Morgan fingerprint density at radius 3 is 2.54 bits per heavy atom. The van der Waals surface area contributed by atoms with E-state index < -0.39 is 16.9 Å². The predicted octanol–water partition coefficient (Wildman–Crippen LogP) is 5.70. The van der Waals surface area contributed by atoms with E-state index in [1.807, 2.05) is 0 Å². The second kappa shape index (κ2) is 10.2. The van der Waals surface area contributed by atoms with E-state index in [4.69, 9.17) is 21.1 Å². The molecule has 35 heavy (non-hydrogen) atoms. The number of halogens is 2. The molecule has 1 heterocycles. The number of carbonyl (C=O) groups excluding carboxylic acids is 2. The van der Waals surface area contributed by atoms with Crippen molar-refractivity contribution in [1.29, 1.82) is 0 Å². The van der Waals surface area contributed by atoms with Crippen molar-refractivity contribution in [2.45, 2.75) is 6.61 Å². The predicted molar refractivity (Wildman–Crippen MR) is 134 cm³/mol. The monoisotopic (exact) mass is 557 g/mol. The number of nitrogens with zero attached hydrogens (tertiary/aromatic N) is 2. The molecule has 0 unspecified atom stereocenters. The highest BCUT2D eigenvalue weighted by Crippen LogP contribution is 2.36. The zero-order valence-electron chi connectivity index (χ0n) is 18.2. The van der Waals surface area contributed by atoms with Crippen molar-refractivity contribution in [2.24, 2.45) is 0 Å². The summed E-state index contributed by atoms with van der Waals surface area (Å²) in [6.45, 7) is 0.0789. The molecule has 11 heteroatoms. The quantitative estimate of drug-likeness (QED) is 0.172. The molecule has 1 aliphatic heterocycles. The SMILES string of the molecule is COc1cc(/C=C2/NC(=O)N(c3ccc(Cl)cc3)C2=O)c(Br)cc1OCc1cccc([N+](=O)[O-])c1. The fraction of sp³-hybridized carbons (Fsp3) is 0.0833. The van der Waals surface area contributed by atoms with Gasteiger partial charge in [0, 0.05) is 21.6 Å². The maximum atomic E-state index is 12.9. The van der Waals surface area contributed by atoms with Gasteiger partial charge in [-0.25, -0.2) is 9.69 Å². The van der Waals surface area contributed by atoms with Crippen LogP contribution >= 0.6 is 27.5 Å². The number of amides is 3. The van der Waals surface area contributed by atoms with Crippen LogP contribution in [0.25, 0.3) is 6.08 Å². The molecule has 4 rings (SSSR count). The van der Waals surface area contributed by atoms with Gasteiger partial charge in [0.15, 0.2) is 11.5 Å². The Bertz CT molecular complexity index is 1360. The second-order valence-electron chi connectivity index (χ2n) is 7.35. The van der Waals surface area contributed by atoms with Gasteiger partial charge in [0.05, 0.1) is 17.7 Å². The van der Waals surface area contributed by atoms with Gasteiger partial charge >= 0.3 is 6.03 Å². The number of hydrogen-bond acceptors (Lipinski definition) is 6. The highest BCUT2D eigenvalue weighted by Gasteiger charge is 2.35. The molecular weight excluding hydrogens is 542 g/mol. The Morgan fingerprint density at radius 2 is 1.86 bits per heavy atom. The maximum Gasteiger partial charge on any atom is 0.333 e. The third-order valence-corrected chi connectivity index (χ3v) is 6.00. The molecule has 1 N–H and O–H groups in total. The smallest absolute Gasteiger partial charge is 0.333 e. The molecule has 3 amide bonds. The molecule has 0 radical (unpaired) electrons. The lowest BCUT2D eigenvalue weighted by atomic mass is 10.1. The molecular formula is C24H17BrClN3O6. The number of methoxy groups -OCH3 is 1. The van der Waals surface area contributed by atoms with Crippen LogP contribution in [0.1, 0.15) is 11.1 Å². The lowest BCUT2D eigenvalue weighted by Crippen LogP contribution is -2.30. The summed E-state index contributed by atoms with van der Waals surface area (Å²) in [5.41, 5.74) is 1.62. The minimum atomic E-state index is -0.580. The van der Waals surface area contributed by atoms with E-state index >= 15 is 0 Å². The van der Waals surface area contributed by atoms with Gasteiger partial charge in [-0.3, -0.25) is 14.9 Å². The minimum absolute atomic E-state index is 0.0304. The number of rotatable bonds is 7. The summed E-state index contributed by atoms with van der Waals surface area (Å²) in [4.78, 5) is 36.9. The summed E-state index contributed by atoms with van der Waals surface area (Å²) in [5, 5.41) is 14.0. The summed E-state index contributed by atoms with van der Waals surface area (Å²) in [5.74, 6) is 0.239. The summed E-state index contributed by atoms with van der Waals surface area (Å²) < 4.78 is 11.8. The van der Waals surface area contributed by atoms with E-state index in [-0.39, 0.29) is 18.0 Å². The number of benzene rings is 3. The van der Waals surface area contributed by atoms with Gasteiger partial charge in [-0.1, -0.05) is 39.7 Å². The van der Waals surface area contributed by atoms with E-state index in [1.165, 1.54) is 25.3 Å². The first-order valence-electron chi connectivity index (χ1n) is 10.1. The van der Waals surface area contributed by atoms with E-state index in [2.05, 4.69) is 21.2 Å². The molecule has 0 spiro atoms. The van der Waals surface area contributed by atoms with Gasteiger partial charge < -0.3 is 14.8 Å². The van der Waals surface area contributed by atoms with Gasteiger partial charge in [0.1, 0.15) is 12.3 Å². The lowest BCUT2D eigenvalue weighted by Gasteiger charge is -2.13. The number of nitro benzene ring substituents is 1. The van der Waals surface area contributed by atoms with E-state index in [9.17, 15) is 19.7 Å². The number of ether oxygens (including phenoxy) is 2. The fourth-order valence-corrected chi connectivity index (χ4v) is 3.93. The van der Waals surface area contributed by atoms with Crippen LogP contribution in [0.3, 0.4) is 0 Å². The number of carbonyl (C=O) groups is 2. The number of urea groups is 1. The van der Waals surface area contributed by atoms with Crippen molar-refractivity contribution in [3.63, 3.8) is 0 Å². The fourth-order valence-electron chi connectivity index (χ4n) is 3.37. The van der Waals surface area contributed by atoms with Gasteiger partial charge in [-0.15, -0.1) is 0 Å². The zero-order valence-corrected chi connectivity index (χ0v) is 20.5. The Balaban J connectivity index is 1.57. The van der Waals surface area contributed by atoms with Crippen LogP contribution in [-0.4, -0.2) is 24.0 Å². The first-order chi connectivity index (χ1) is 16.8. The van der Waals surface area contributed by atoms with Crippen molar-refractivity contribution < 1.29 is 24.0 Å². The van der Waals surface area contributed by atoms with Crippen molar-refractivity contribution in [1.82, 2.24) is 5.32 Å². The molecule has 1 saturated heterocycles. The molecule has 0 bridgehead atoms. The van der Waals surface area contributed by atoms with Crippen molar-refractivity contribution in [3.05, 3.63) is 97.1 Å². The van der Waals surface area contributed by atoms with Crippen LogP contribution in [0.4, 0.5) is 16.2 Å². The van der Waals surface area contributed by atoms with Crippen molar-refractivity contribution in [2.75, 3.05) is 12.0 Å². The van der Waals surface area contributed by atoms with Gasteiger partial charge in [0.25, 0.3) is 11.6 Å².